The molecular weight excluding hydrogens is 582 g/mol. The van der Waals surface area contributed by atoms with Crippen molar-refractivity contribution >= 4 is 59.5 Å². The maximum absolute atomic E-state index is 11.6. The van der Waals surface area contributed by atoms with Gasteiger partial charge in [-0.25, -0.2) is 16.8 Å². The number of hydrogen-bond acceptors (Lipinski definition) is 8. The van der Waals surface area contributed by atoms with E-state index in [9.17, 15) is 25.9 Å². The fourth-order valence-electron chi connectivity index (χ4n) is 4.70. The van der Waals surface area contributed by atoms with Crippen molar-refractivity contribution in [1.82, 2.24) is 0 Å². The second kappa shape index (κ2) is 11.0. The molecule has 0 amide bonds. The summed E-state index contributed by atoms with van der Waals surface area (Å²) in [5, 5.41) is 1.21. The van der Waals surface area contributed by atoms with E-state index in [1.165, 1.54) is 11.3 Å². The third-order valence-corrected chi connectivity index (χ3v) is 9.33. The van der Waals surface area contributed by atoms with Crippen LogP contribution in [0.5, 0.6) is 5.75 Å². The number of hydrogen-bond donors (Lipinski definition) is 0. The Hall–Kier alpha value is -2.80. The van der Waals surface area contributed by atoms with E-state index in [4.69, 9.17) is 16.3 Å². The monoisotopic (exact) mass is 604 g/mol. The SMILES string of the molecule is O=S(=O)([O-])CCC[n+]1c(C=C2Oc3ccc(-c4ccccc4)cc3C2CCS(=O)(=O)[O-])sc2ccc(Cl)cc21. The van der Waals surface area contributed by atoms with Gasteiger partial charge in [-0.3, -0.25) is 0 Å². The number of nitrogens with zero attached hydrogens (tertiary/aromatic N) is 1. The molecule has 0 radical (unpaired) electrons. The number of allylic oxidation sites excluding steroid dienone is 1. The molecule has 1 unspecified atom stereocenters. The molecule has 204 valence electrons. The third-order valence-electron chi connectivity index (χ3n) is 6.45. The lowest BCUT2D eigenvalue weighted by Gasteiger charge is -2.13. The Balaban J connectivity index is 1.57. The van der Waals surface area contributed by atoms with E-state index >= 15 is 0 Å². The van der Waals surface area contributed by atoms with Gasteiger partial charge in [-0.2, -0.15) is 4.57 Å². The summed E-state index contributed by atoms with van der Waals surface area (Å²) < 4.78 is 77.2. The molecule has 1 aromatic heterocycles. The molecule has 0 N–H and O–H groups in total. The Morgan fingerprint density at radius 1 is 0.923 bits per heavy atom. The topological polar surface area (TPSA) is 128 Å². The summed E-state index contributed by atoms with van der Waals surface area (Å²) in [5.41, 5.74) is 3.46. The van der Waals surface area contributed by atoms with Crippen molar-refractivity contribution in [1.29, 1.82) is 0 Å². The third kappa shape index (κ3) is 6.68. The molecule has 5 rings (SSSR count). The van der Waals surface area contributed by atoms with E-state index < -0.39 is 37.7 Å². The average Bonchev–Trinajstić information content (AvgIpc) is 3.38. The molecule has 0 spiro atoms. The van der Waals surface area contributed by atoms with Crippen LogP contribution in [0.3, 0.4) is 0 Å². The molecule has 0 saturated heterocycles. The number of rotatable bonds is 9. The molecule has 0 saturated carbocycles. The molecule has 0 aliphatic carbocycles. The Morgan fingerprint density at radius 3 is 2.38 bits per heavy atom. The highest BCUT2D eigenvalue weighted by atomic mass is 35.5. The zero-order chi connectivity index (χ0) is 27.8. The van der Waals surface area contributed by atoms with Gasteiger partial charge < -0.3 is 13.8 Å². The van der Waals surface area contributed by atoms with Gasteiger partial charge in [0.2, 0.25) is 5.52 Å². The van der Waals surface area contributed by atoms with Crippen molar-refractivity contribution in [3.05, 3.63) is 88.1 Å². The van der Waals surface area contributed by atoms with Gasteiger partial charge in [0, 0.05) is 40.5 Å². The van der Waals surface area contributed by atoms with Gasteiger partial charge in [0.05, 0.1) is 26.3 Å². The van der Waals surface area contributed by atoms with E-state index in [1.54, 1.807) is 18.2 Å². The molecule has 4 aromatic rings. The number of halogens is 1. The van der Waals surface area contributed by atoms with Crippen LogP contribution >= 0.6 is 22.9 Å². The smallest absolute Gasteiger partial charge is 0.266 e. The van der Waals surface area contributed by atoms with Crippen molar-refractivity contribution in [2.24, 2.45) is 0 Å². The fraction of sp³-hybridized carbons (Fsp3) is 0.222. The normalized spacial score (nSPS) is 16.5. The fourth-order valence-corrected chi connectivity index (χ4v) is 6.98. The van der Waals surface area contributed by atoms with Crippen molar-refractivity contribution in [2.75, 3.05) is 11.5 Å². The first-order valence-corrected chi connectivity index (χ1v) is 16.4. The standard InChI is InChI=1S/C27H24ClNO7S3/c28-20-8-10-26-23(16-20)29(12-4-13-38(30,31)32)27(37-26)17-25-21(11-14-39(33,34)35)22-15-19(7-9-24(22)36-25)18-5-2-1-3-6-18/h1-3,5-10,15-17,21H,4,11-14H2,(H-,30,31,32,33,34,35)/p-1. The molecule has 1 aliphatic heterocycles. The Kier molecular flexibility index (Phi) is 7.82. The first-order valence-electron chi connectivity index (χ1n) is 12.0. The van der Waals surface area contributed by atoms with Gasteiger partial charge in [0.15, 0.2) is 6.54 Å². The highest BCUT2D eigenvalue weighted by molar-refractivity contribution is 7.85. The van der Waals surface area contributed by atoms with E-state index in [1.807, 2.05) is 59.2 Å². The lowest BCUT2D eigenvalue weighted by molar-refractivity contribution is -0.668. The lowest BCUT2D eigenvalue weighted by Crippen LogP contribution is -2.36. The number of aromatic nitrogens is 1. The zero-order valence-corrected chi connectivity index (χ0v) is 23.7. The first kappa shape index (κ1) is 27.8. The molecule has 8 nitrogen and oxygen atoms in total. The number of ether oxygens (including phenoxy) is 1. The number of aryl methyl sites for hydroxylation is 1. The summed E-state index contributed by atoms with van der Waals surface area (Å²) in [5.74, 6) is -0.514. The number of thiazole rings is 1. The molecule has 0 fully saturated rings. The summed E-state index contributed by atoms with van der Waals surface area (Å²) in [7, 11) is -8.85. The Labute approximate surface area is 235 Å². The van der Waals surface area contributed by atoms with Gasteiger partial charge in [0.25, 0.3) is 5.01 Å². The maximum Gasteiger partial charge on any atom is 0.266 e. The minimum atomic E-state index is -4.47. The van der Waals surface area contributed by atoms with E-state index in [-0.39, 0.29) is 19.4 Å². The highest BCUT2D eigenvalue weighted by Gasteiger charge is 2.32. The van der Waals surface area contributed by atoms with Crippen molar-refractivity contribution in [3.8, 4) is 16.9 Å². The molecule has 1 aliphatic rings. The average molecular weight is 605 g/mol. The summed E-state index contributed by atoms with van der Waals surface area (Å²) >= 11 is 7.65. The predicted molar refractivity (Wildman–Crippen MR) is 149 cm³/mol. The minimum Gasteiger partial charge on any atom is -0.748 e. The van der Waals surface area contributed by atoms with Crippen LogP contribution in [-0.4, -0.2) is 37.4 Å². The second-order valence-corrected chi connectivity index (χ2v) is 13.7. The number of benzene rings is 3. The van der Waals surface area contributed by atoms with E-state index in [0.29, 0.717) is 21.5 Å². The van der Waals surface area contributed by atoms with Crippen LogP contribution in [0, 0.1) is 0 Å². The summed E-state index contributed by atoms with van der Waals surface area (Å²) in [6, 6.07) is 20.8. The van der Waals surface area contributed by atoms with Crippen molar-refractivity contribution in [2.45, 2.75) is 25.3 Å². The highest BCUT2D eigenvalue weighted by Crippen LogP contribution is 2.45. The van der Waals surface area contributed by atoms with Gasteiger partial charge in [-0.1, -0.05) is 59.3 Å². The van der Waals surface area contributed by atoms with Crippen LogP contribution in [0.1, 0.15) is 29.3 Å². The Morgan fingerprint density at radius 2 is 1.67 bits per heavy atom. The van der Waals surface area contributed by atoms with Gasteiger partial charge in [-0.15, -0.1) is 0 Å². The molecule has 39 heavy (non-hydrogen) atoms. The van der Waals surface area contributed by atoms with Crippen LogP contribution in [0.4, 0.5) is 0 Å². The van der Waals surface area contributed by atoms with Crippen LogP contribution < -0.4 is 9.30 Å². The van der Waals surface area contributed by atoms with Gasteiger partial charge >= 0.3 is 0 Å². The lowest BCUT2D eigenvalue weighted by atomic mass is 9.92. The van der Waals surface area contributed by atoms with Gasteiger partial charge in [0.1, 0.15) is 16.2 Å². The molecule has 0 bridgehead atoms. The molecular formula is C27H23ClNO7S3-. The Bertz CT molecular complexity index is 1780. The number of fused-ring (bicyclic) bond motifs is 2. The predicted octanol–water partition coefficient (Wildman–Crippen LogP) is 4.90. The molecule has 1 atom stereocenters. The van der Waals surface area contributed by atoms with E-state index in [2.05, 4.69) is 0 Å². The first-order chi connectivity index (χ1) is 18.5. The van der Waals surface area contributed by atoms with Crippen molar-refractivity contribution in [3.63, 3.8) is 0 Å². The minimum absolute atomic E-state index is 0.0358. The van der Waals surface area contributed by atoms with Crippen LogP contribution in [0.25, 0.3) is 27.4 Å². The zero-order valence-electron chi connectivity index (χ0n) is 20.4. The van der Waals surface area contributed by atoms with Crippen LogP contribution in [0.15, 0.2) is 72.5 Å². The van der Waals surface area contributed by atoms with Crippen LogP contribution in [-0.2, 0) is 26.8 Å². The molecule has 2 heterocycles. The van der Waals surface area contributed by atoms with Gasteiger partial charge in [-0.05, 0) is 41.8 Å². The molecule has 12 heteroatoms. The maximum atomic E-state index is 11.6. The largest absolute Gasteiger partial charge is 0.748 e. The second-order valence-electron chi connectivity index (χ2n) is 9.19. The molecule has 3 aromatic carbocycles. The quantitative estimate of drug-likeness (QED) is 0.196. The summed E-state index contributed by atoms with van der Waals surface area (Å²) in [6.45, 7) is 0.242. The summed E-state index contributed by atoms with van der Waals surface area (Å²) in [6.07, 6.45) is 1.92. The van der Waals surface area contributed by atoms with Crippen molar-refractivity contribution < 1.29 is 35.2 Å². The van der Waals surface area contributed by atoms with E-state index in [0.717, 1.165) is 26.9 Å². The summed E-state index contributed by atoms with van der Waals surface area (Å²) in [4.78, 5) is 0. The van der Waals surface area contributed by atoms with Crippen LogP contribution in [0.2, 0.25) is 5.02 Å².